The Morgan fingerprint density at radius 1 is 1.27 bits per heavy atom. The van der Waals surface area contributed by atoms with Gasteiger partial charge in [-0.2, -0.15) is 0 Å². The molecule has 0 saturated heterocycles. The van der Waals surface area contributed by atoms with Crippen molar-refractivity contribution in [3.05, 3.63) is 29.8 Å². The number of nitrogen functional groups attached to an aromatic ring is 1. The van der Waals surface area contributed by atoms with Crippen molar-refractivity contribution in [3.8, 4) is 0 Å². The van der Waals surface area contributed by atoms with Crippen LogP contribution in [0.4, 0.5) is 5.69 Å². The van der Waals surface area contributed by atoms with Crippen LogP contribution >= 0.6 is 0 Å². The minimum Gasteiger partial charge on any atom is -0.399 e. The summed E-state index contributed by atoms with van der Waals surface area (Å²) in [4.78, 5) is 0. The normalized spacial score (nSPS) is 11.7. The van der Waals surface area contributed by atoms with E-state index >= 15 is 0 Å². The molecule has 0 atom stereocenters. The predicted molar refractivity (Wildman–Crippen MR) is 63.7 cm³/mol. The Bertz CT molecular complexity index is 293. The maximum absolute atomic E-state index is 9.05. The van der Waals surface area contributed by atoms with Crippen molar-refractivity contribution in [2.75, 3.05) is 18.9 Å². The van der Waals surface area contributed by atoms with Gasteiger partial charge in [0.1, 0.15) is 0 Å². The second-order valence-electron chi connectivity index (χ2n) is 4.46. The summed E-state index contributed by atoms with van der Waals surface area (Å²) in [6, 6.07) is 7.88. The molecular formula is C12H20N2O. The molecule has 0 spiro atoms. The van der Waals surface area contributed by atoms with Gasteiger partial charge in [0, 0.05) is 11.2 Å². The van der Waals surface area contributed by atoms with Gasteiger partial charge in [-0.25, -0.2) is 0 Å². The zero-order valence-corrected chi connectivity index (χ0v) is 9.46. The van der Waals surface area contributed by atoms with Crippen LogP contribution in [0.1, 0.15) is 19.4 Å². The summed E-state index contributed by atoms with van der Waals surface area (Å²) in [6.45, 7) is 4.97. The number of anilines is 1. The molecule has 84 valence electrons. The van der Waals surface area contributed by atoms with E-state index in [1.165, 1.54) is 5.56 Å². The number of nitrogens with two attached hydrogens (primary N) is 1. The second-order valence-corrected chi connectivity index (χ2v) is 4.46. The first-order chi connectivity index (χ1) is 7.03. The first-order valence-electron chi connectivity index (χ1n) is 5.24. The van der Waals surface area contributed by atoms with E-state index in [2.05, 4.69) is 5.32 Å². The number of rotatable bonds is 5. The fourth-order valence-corrected chi connectivity index (χ4v) is 1.29. The van der Waals surface area contributed by atoms with E-state index in [9.17, 15) is 0 Å². The maximum atomic E-state index is 9.05. The summed E-state index contributed by atoms with van der Waals surface area (Å²) in [5, 5.41) is 12.3. The molecule has 0 aliphatic carbocycles. The number of benzene rings is 1. The first kappa shape index (κ1) is 12.0. The third kappa shape index (κ3) is 4.32. The van der Waals surface area contributed by atoms with Gasteiger partial charge in [-0.1, -0.05) is 12.1 Å². The molecule has 15 heavy (non-hydrogen) atoms. The van der Waals surface area contributed by atoms with Gasteiger partial charge < -0.3 is 16.2 Å². The zero-order valence-electron chi connectivity index (χ0n) is 9.46. The van der Waals surface area contributed by atoms with Crippen LogP contribution < -0.4 is 11.1 Å². The molecule has 0 aliphatic heterocycles. The van der Waals surface area contributed by atoms with E-state index < -0.39 is 0 Å². The highest BCUT2D eigenvalue weighted by Crippen LogP contribution is 2.06. The summed E-state index contributed by atoms with van der Waals surface area (Å²) in [5.74, 6) is 0. The van der Waals surface area contributed by atoms with Gasteiger partial charge in [-0.3, -0.25) is 0 Å². The number of aliphatic hydroxyl groups is 1. The van der Waals surface area contributed by atoms with E-state index in [1.54, 1.807) is 0 Å². The Morgan fingerprint density at radius 3 is 2.40 bits per heavy atom. The lowest BCUT2D eigenvalue weighted by molar-refractivity contribution is 0.189. The van der Waals surface area contributed by atoms with Crippen LogP contribution in [0.3, 0.4) is 0 Å². The van der Waals surface area contributed by atoms with Crippen molar-refractivity contribution in [2.24, 2.45) is 0 Å². The molecule has 4 N–H and O–H groups in total. The second kappa shape index (κ2) is 5.14. The molecule has 0 aromatic heterocycles. The molecule has 0 unspecified atom stereocenters. The van der Waals surface area contributed by atoms with Crippen molar-refractivity contribution in [3.63, 3.8) is 0 Å². The van der Waals surface area contributed by atoms with Crippen LogP contribution in [-0.4, -0.2) is 23.8 Å². The Hall–Kier alpha value is -1.06. The summed E-state index contributed by atoms with van der Waals surface area (Å²) < 4.78 is 0. The summed E-state index contributed by atoms with van der Waals surface area (Å²) in [6.07, 6.45) is 0.948. The van der Waals surface area contributed by atoms with Gasteiger partial charge >= 0.3 is 0 Å². The van der Waals surface area contributed by atoms with Crippen LogP contribution in [-0.2, 0) is 6.42 Å². The number of hydrogen-bond donors (Lipinski definition) is 3. The standard InChI is InChI=1S/C12H20N2O/c1-12(2,9-15)14-8-7-10-3-5-11(13)6-4-10/h3-6,14-15H,7-9,13H2,1-2H3. The predicted octanol–water partition coefficient (Wildman–Crippen LogP) is 1.17. The van der Waals surface area contributed by atoms with Gasteiger partial charge in [0.25, 0.3) is 0 Å². The third-order valence-corrected chi connectivity index (χ3v) is 2.39. The largest absolute Gasteiger partial charge is 0.399 e. The Labute approximate surface area is 91.3 Å². The van der Waals surface area contributed by atoms with E-state index in [0.717, 1.165) is 18.7 Å². The molecule has 3 heteroatoms. The quantitative estimate of drug-likeness (QED) is 0.637. The summed E-state index contributed by atoms with van der Waals surface area (Å²) >= 11 is 0. The molecule has 1 aromatic carbocycles. The van der Waals surface area contributed by atoms with E-state index in [-0.39, 0.29) is 12.1 Å². The van der Waals surface area contributed by atoms with Crippen molar-refractivity contribution >= 4 is 5.69 Å². The highest BCUT2D eigenvalue weighted by Gasteiger charge is 2.13. The van der Waals surface area contributed by atoms with E-state index in [4.69, 9.17) is 10.8 Å². The molecule has 1 aromatic rings. The smallest absolute Gasteiger partial charge is 0.0607 e. The van der Waals surface area contributed by atoms with Crippen molar-refractivity contribution < 1.29 is 5.11 Å². The Morgan fingerprint density at radius 2 is 1.87 bits per heavy atom. The van der Waals surface area contributed by atoms with Gasteiger partial charge in [0.15, 0.2) is 0 Å². The summed E-state index contributed by atoms with van der Waals surface area (Å²) in [5.41, 5.74) is 7.45. The topological polar surface area (TPSA) is 58.3 Å². The van der Waals surface area contributed by atoms with Crippen LogP contribution in [0, 0.1) is 0 Å². The number of nitrogens with one attached hydrogen (secondary N) is 1. The highest BCUT2D eigenvalue weighted by molar-refractivity contribution is 5.39. The fraction of sp³-hybridized carbons (Fsp3) is 0.500. The molecule has 3 nitrogen and oxygen atoms in total. The lowest BCUT2D eigenvalue weighted by atomic mass is 10.1. The molecule has 1 rings (SSSR count). The first-order valence-corrected chi connectivity index (χ1v) is 5.24. The fourth-order valence-electron chi connectivity index (χ4n) is 1.29. The average molecular weight is 208 g/mol. The molecule has 0 fully saturated rings. The third-order valence-electron chi connectivity index (χ3n) is 2.39. The minimum atomic E-state index is -0.201. The zero-order chi connectivity index (χ0) is 11.3. The highest BCUT2D eigenvalue weighted by atomic mass is 16.3. The van der Waals surface area contributed by atoms with Crippen molar-refractivity contribution in [1.29, 1.82) is 0 Å². The molecule has 0 radical (unpaired) electrons. The molecule has 0 heterocycles. The SMILES string of the molecule is CC(C)(CO)NCCc1ccc(N)cc1. The average Bonchev–Trinajstić information content (AvgIpc) is 2.21. The van der Waals surface area contributed by atoms with E-state index in [0.29, 0.717) is 0 Å². The molecule has 0 amide bonds. The van der Waals surface area contributed by atoms with Crippen molar-refractivity contribution in [2.45, 2.75) is 25.8 Å². The minimum absolute atomic E-state index is 0.148. The maximum Gasteiger partial charge on any atom is 0.0607 e. The van der Waals surface area contributed by atoms with Gasteiger partial charge in [-0.15, -0.1) is 0 Å². The van der Waals surface area contributed by atoms with Crippen LogP contribution in [0.15, 0.2) is 24.3 Å². The van der Waals surface area contributed by atoms with E-state index in [1.807, 2.05) is 38.1 Å². The van der Waals surface area contributed by atoms with Crippen LogP contribution in [0.2, 0.25) is 0 Å². The summed E-state index contributed by atoms with van der Waals surface area (Å²) in [7, 11) is 0. The number of aliphatic hydroxyl groups excluding tert-OH is 1. The van der Waals surface area contributed by atoms with Gasteiger partial charge in [0.2, 0.25) is 0 Å². The lowest BCUT2D eigenvalue weighted by Gasteiger charge is -2.23. The Balaban J connectivity index is 2.35. The van der Waals surface area contributed by atoms with Crippen molar-refractivity contribution in [1.82, 2.24) is 5.32 Å². The van der Waals surface area contributed by atoms with Gasteiger partial charge in [0.05, 0.1) is 6.61 Å². The molecule has 0 bridgehead atoms. The molecule has 0 aliphatic rings. The lowest BCUT2D eigenvalue weighted by Crippen LogP contribution is -2.43. The van der Waals surface area contributed by atoms with Crippen LogP contribution in [0.5, 0.6) is 0 Å². The molecular weight excluding hydrogens is 188 g/mol. The van der Waals surface area contributed by atoms with Crippen LogP contribution in [0.25, 0.3) is 0 Å². The number of hydrogen-bond acceptors (Lipinski definition) is 3. The Kier molecular flexibility index (Phi) is 4.12. The van der Waals surface area contributed by atoms with Gasteiger partial charge in [-0.05, 0) is 44.5 Å². The molecule has 0 saturated carbocycles. The monoisotopic (exact) mass is 208 g/mol.